The van der Waals surface area contributed by atoms with Crippen molar-refractivity contribution in [2.75, 3.05) is 0 Å². The fraction of sp³-hybridized carbons (Fsp3) is 0.111. The zero-order chi connectivity index (χ0) is 11.9. The number of hydrogen-bond donors (Lipinski definition) is 0. The van der Waals surface area contributed by atoms with Gasteiger partial charge in [0.2, 0.25) is 11.6 Å². The maximum absolute atomic E-state index is 13.2. The molecule has 2 aromatic rings. The van der Waals surface area contributed by atoms with Gasteiger partial charge in [0.25, 0.3) is 11.9 Å². The van der Waals surface area contributed by atoms with Gasteiger partial charge in [-0.1, -0.05) is 0 Å². The minimum absolute atomic E-state index is 0.455. The Morgan fingerprint density at radius 2 is 1.62 bits per heavy atom. The lowest BCUT2D eigenvalue weighted by Crippen LogP contribution is -2.09. The number of rotatable bonds is 1. The molecule has 0 radical (unpaired) electrons. The molecule has 0 aliphatic carbocycles. The van der Waals surface area contributed by atoms with Crippen molar-refractivity contribution >= 4 is 0 Å². The van der Waals surface area contributed by atoms with Gasteiger partial charge in [-0.15, -0.1) is 0 Å². The van der Waals surface area contributed by atoms with Crippen LogP contribution >= 0.6 is 0 Å². The van der Waals surface area contributed by atoms with E-state index < -0.39 is 29.2 Å². The second-order valence-corrected chi connectivity index (χ2v) is 3.07. The van der Waals surface area contributed by atoms with Gasteiger partial charge in [0.1, 0.15) is 5.69 Å². The summed E-state index contributed by atoms with van der Waals surface area (Å²) in [5.74, 6) is -6.58. The standard InChI is InChI=1S/C9H5F4N3/c1-4-2-3-16(15-4)7-5(10)8(12)14-9(13)6(7)11/h2-3H,1H3. The Balaban J connectivity index is 2.73. The van der Waals surface area contributed by atoms with Crippen LogP contribution in [0.4, 0.5) is 17.6 Å². The molecular formula is C9H5F4N3. The lowest BCUT2D eigenvalue weighted by atomic mass is 10.3. The Morgan fingerprint density at radius 1 is 1.06 bits per heavy atom. The van der Waals surface area contributed by atoms with Crippen molar-refractivity contribution in [1.29, 1.82) is 0 Å². The molecule has 0 fully saturated rings. The lowest BCUT2D eigenvalue weighted by Gasteiger charge is -2.05. The predicted octanol–water partition coefficient (Wildman–Crippen LogP) is 2.13. The molecule has 0 N–H and O–H groups in total. The Hall–Kier alpha value is -1.92. The van der Waals surface area contributed by atoms with E-state index in [9.17, 15) is 17.6 Å². The van der Waals surface area contributed by atoms with Crippen molar-refractivity contribution < 1.29 is 17.6 Å². The zero-order valence-corrected chi connectivity index (χ0v) is 8.01. The van der Waals surface area contributed by atoms with Crippen LogP contribution in [0.25, 0.3) is 5.69 Å². The lowest BCUT2D eigenvalue weighted by molar-refractivity contribution is 0.400. The number of aryl methyl sites for hydroxylation is 1. The molecule has 2 heterocycles. The van der Waals surface area contributed by atoms with Crippen molar-refractivity contribution in [2.45, 2.75) is 6.92 Å². The maximum Gasteiger partial charge on any atom is 0.254 e. The van der Waals surface area contributed by atoms with Crippen LogP contribution in [-0.2, 0) is 0 Å². The predicted molar refractivity (Wildman–Crippen MR) is 45.9 cm³/mol. The largest absolute Gasteiger partial charge is 0.254 e. The second kappa shape index (κ2) is 3.58. The molecule has 0 unspecified atom stereocenters. The summed E-state index contributed by atoms with van der Waals surface area (Å²) in [5, 5.41) is 3.66. The molecule has 0 saturated heterocycles. The maximum atomic E-state index is 13.2. The number of aromatic nitrogens is 3. The van der Waals surface area contributed by atoms with Crippen LogP contribution in [-0.4, -0.2) is 14.8 Å². The highest BCUT2D eigenvalue weighted by molar-refractivity contribution is 5.33. The first-order valence-corrected chi connectivity index (χ1v) is 4.23. The van der Waals surface area contributed by atoms with E-state index in [2.05, 4.69) is 10.1 Å². The summed E-state index contributed by atoms with van der Waals surface area (Å²) in [6, 6.07) is 1.44. The molecule has 2 rings (SSSR count). The van der Waals surface area contributed by atoms with Crippen LogP contribution in [0.3, 0.4) is 0 Å². The summed E-state index contributed by atoms with van der Waals surface area (Å²) in [7, 11) is 0. The van der Waals surface area contributed by atoms with E-state index in [4.69, 9.17) is 0 Å². The Labute approximate surface area is 87.3 Å². The van der Waals surface area contributed by atoms with Crippen molar-refractivity contribution in [2.24, 2.45) is 0 Å². The Morgan fingerprint density at radius 3 is 2.06 bits per heavy atom. The van der Waals surface area contributed by atoms with Crippen molar-refractivity contribution in [1.82, 2.24) is 14.8 Å². The SMILES string of the molecule is Cc1ccn(-c2c(F)c(F)nc(F)c2F)n1. The Bertz CT molecular complexity index is 524. The minimum atomic E-state index is -1.71. The number of halogens is 4. The molecular weight excluding hydrogens is 226 g/mol. The first-order chi connectivity index (χ1) is 7.50. The fourth-order valence-corrected chi connectivity index (χ4v) is 1.22. The van der Waals surface area contributed by atoms with E-state index >= 15 is 0 Å². The van der Waals surface area contributed by atoms with Crippen LogP contribution in [0.5, 0.6) is 0 Å². The molecule has 7 heteroatoms. The molecule has 0 aliphatic heterocycles. The average Bonchev–Trinajstić information content (AvgIpc) is 2.62. The molecule has 0 aliphatic rings. The quantitative estimate of drug-likeness (QED) is 0.556. The fourth-order valence-electron chi connectivity index (χ4n) is 1.22. The summed E-state index contributed by atoms with van der Waals surface area (Å²) < 4.78 is 52.7. The first-order valence-electron chi connectivity index (χ1n) is 4.23. The van der Waals surface area contributed by atoms with Gasteiger partial charge in [-0.2, -0.15) is 27.6 Å². The minimum Gasteiger partial charge on any atom is -0.234 e. The molecule has 0 aromatic carbocycles. The van der Waals surface area contributed by atoms with Crippen LogP contribution in [0.1, 0.15) is 5.69 Å². The van der Waals surface area contributed by atoms with E-state index in [1.54, 1.807) is 6.92 Å². The van der Waals surface area contributed by atoms with Crippen LogP contribution in [0.2, 0.25) is 0 Å². The Kier molecular flexibility index (Phi) is 2.37. The van der Waals surface area contributed by atoms with Gasteiger partial charge in [-0.25, -0.2) is 4.68 Å². The van der Waals surface area contributed by atoms with Gasteiger partial charge in [-0.3, -0.25) is 0 Å². The summed E-state index contributed by atoms with van der Waals surface area (Å²) in [6.07, 6.45) is 1.19. The van der Waals surface area contributed by atoms with Crippen molar-refractivity contribution in [3.8, 4) is 5.69 Å². The van der Waals surface area contributed by atoms with Crippen LogP contribution in [0, 0.1) is 30.5 Å². The highest BCUT2D eigenvalue weighted by Gasteiger charge is 2.22. The molecule has 16 heavy (non-hydrogen) atoms. The van der Waals surface area contributed by atoms with Gasteiger partial charge in [0.15, 0.2) is 0 Å². The van der Waals surface area contributed by atoms with Gasteiger partial charge < -0.3 is 0 Å². The van der Waals surface area contributed by atoms with Gasteiger partial charge in [0, 0.05) is 6.20 Å². The molecule has 84 valence electrons. The highest BCUT2D eigenvalue weighted by atomic mass is 19.2. The van der Waals surface area contributed by atoms with Gasteiger partial charge in [0.05, 0.1) is 5.69 Å². The molecule has 2 aromatic heterocycles. The smallest absolute Gasteiger partial charge is 0.234 e. The van der Waals surface area contributed by atoms with Crippen LogP contribution < -0.4 is 0 Å². The number of pyridine rings is 1. The summed E-state index contributed by atoms with van der Waals surface area (Å²) in [6.45, 7) is 1.57. The van der Waals surface area contributed by atoms with Gasteiger partial charge >= 0.3 is 0 Å². The molecule has 0 saturated carbocycles. The molecule has 0 atom stereocenters. The van der Waals surface area contributed by atoms with E-state index in [-0.39, 0.29) is 0 Å². The molecule has 3 nitrogen and oxygen atoms in total. The second-order valence-electron chi connectivity index (χ2n) is 3.07. The van der Waals surface area contributed by atoms with Crippen molar-refractivity contribution in [3.63, 3.8) is 0 Å². The highest BCUT2D eigenvalue weighted by Crippen LogP contribution is 2.20. The monoisotopic (exact) mass is 231 g/mol. The number of hydrogen-bond acceptors (Lipinski definition) is 2. The van der Waals surface area contributed by atoms with Crippen LogP contribution in [0.15, 0.2) is 12.3 Å². The zero-order valence-electron chi connectivity index (χ0n) is 8.01. The molecule has 0 spiro atoms. The van der Waals surface area contributed by atoms with Crippen molar-refractivity contribution in [3.05, 3.63) is 41.5 Å². The third kappa shape index (κ3) is 1.54. The van der Waals surface area contributed by atoms with Gasteiger partial charge in [-0.05, 0) is 13.0 Å². The van der Waals surface area contributed by atoms with E-state index in [0.717, 1.165) is 0 Å². The van der Waals surface area contributed by atoms with E-state index in [1.807, 2.05) is 0 Å². The normalized spacial score (nSPS) is 10.8. The molecule has 0 bridgehead atoms. The first kappa shape index (κ1) is 10.6. The average molecular weight is 231 g/mol. The summed E-state index contributed by atoms with van der Waals surface area (Å²) in [4.78, 5) is 2.44. The number of nitrogens with zero attached hydrogens (tertiary/aromatic N) is 3. The molecule has 0 amide bonds. The van der Waals surface area contributed by atoms with E-state index in [1.165, 1.54) is 12.3 Å². The topological polar surface area (TPSA) is 30.7 Å². The summed E-state index contributed by atoms with van der Waals surface area (Å²) >= 11 is 0. The third-order valence-electron chi connectivity index (χ3n) is 1.93. The van der Waals surface area contributed by atoms with E-state index in [0.29, 0.717) is 10.4 Å². The summed E-state index contributed by atoms with van der Waals surface area (Å²) in [5.41, 5.74) is -0.463. The third-order valence-corrected chi connectivity index (χ3v) is 1.93.